The molecular weight excluding hydrogens is 328 g/mol. The number of benzene rings is 1. The predicted octanol–water partition coefficient (Wildman–Crippen LogP) is 3.26. The van der Waals surface area contributed by atoms with Crippen LogP contribution in [0.15, 0.2) is 12.1 Å². The van der Waals surface area contributed by atoms with Gasteiger partial charge in [-0.25, -0.2) is 0 Å². The van der Waals surface area contributed by atoms with Crippen molar-refractivity contribution in [2.75, 3.05) is 0 Å². The molecule has 4 heteroatoms. The van der Waals surface area contributed by atoms with E-state index in [1.807, 2.05) is 6.07 Å². The third-order valence-electron chi connectivity index (χ3n) is 8.60. The van der Waals surface area contributed by atoms with Gasteiger partial charge in [0.15, 0.2) is 23.4 Å². The molecule has 1 aliphatic heterocycles. The summed E-state index contributed by atoms with van der Waals surface area (Å²) in [6, 6.07) is 3.72. The Hall–Kier alpha value is -1.55. The number of aromatic hydroxyl groups is 1. The fourth-order valence-corrected chi connectivity index (χ4v) is 7.34. The fraction of sp³-hybridized carbons (Fsp3) is 0.682. The van der Waals surface area contributed by atoms with Crippen molar-refractivity contribution in [3.05, 3.63) is 23.3 Å². The molecule has 1 aromatic rings. The summed E-state index contributed by atoms with van der Waals surface area (Å²) >= 11 is 0. The van der Waals surface area contributed by atoms with Gasteiger partial charge in [0, 0.05) is 12.0 Å². The minimum absolute atomic E-state index is 0.0963. The summed E-state index contributed by atoms with van der Waals surface area (Å²) in [7, 11) is 0. The van der Waals surface area contributed by atoms with Crippen molar-refractivity contribution in [2.45, 2.75) is 74.9 Å². The summed E-state index contributed by atoms with van der Waals surface area (Å²) < 4.78 is 6.12. The van der Waals surface area contributed by atoms with Crippen LogP contribution in [0.1, 0.15) is 62.5 Å². The molecule has 3 saturated carbocycles. The van der Waals surface area contributed by atoms with E-state index in [2.05, 4.69) is 0 Å². The van der Waals surface area contributed by atoms with Gasteiger partial charge in [0.05, 0.1) is 11.0 Å². The molecule has 138 valence electrons. The maximum atomic E-state index is 12.9. The molecule has 0 radical (unpaired) electrons. The number of Topliss-reactive ketones (excluding diaryl/α,β-unsaturated/α-hetero) is 1. The van der Waals surface area contributed by atoms with E-state index in [1.165, 1.54) is 24.8 Å². The number of carbonyl (C=O) groups is 1. The second kappa shape index (κ2) is 4.83. The van der Waals surface area contributed by atoms with Crippen LogP contribution in [-0.4, -0.2) is 27.7 Å². The maximum Gasteiger partial charge on any atom is 0.174 e. The zero-order valence-electron chi connectivity index (χ0n) is 15.0. The number of hydrogen-bond donors (Lipinski definition) is 2. The average Bonchev–Trinajstić information content (AvgIpc) is 2.91. The Labute approximate surface area is 153 Å². The summed E-state index contributed by atoms with van der Waals surface area (Å²) in [6.45, 7) is 0. The van der Waals surface area contributed by atoms with Crippen molar-refractivity contribution in [2.24, 2.45) is 17.8 Å². The molecule has 4 nitrogen and oxygen atoms in total. The Morgan fingerprint density at radius 3 is 2.73 bits per heavy atom. The molecule has 1 heterocycles. The van der Waals surface area contributed by atoms with Crippen LogP contribution in [0.4, 0.5) is 0 Å². The number of rotatable bonds is 1. The minimum atomic E-state index is -0.881. The first-order valence-corrected chi connectivity index (χ1v) is 10.3. The van der Waals surface area contributed by atoms with Gasteiger partial charge in [0.2, 0.25) is 0 Å². The highest BCUT2D eigenvalue weighted by atomic mass is 16.5. The molecule has 4 aliphatic carbocycles. The zero-order chi connectivity index (χ0) is 17.7. The second-order valence-electron chi connectivity index (χ2n) is 9.37. The van der Waals surface area contributed by atoms with Crippen LogP contribution < -0.4 is 4.74 Å². The van der Waals surface area contributed by atoms with Crippen molar-refractivity contribution in [3.63, 3.8) is 0 Å². The molecule has 5 atom stereocenters. The van der Waals surface area contributed by atoms with Crippen molar-refractivity contribution < 1.29 is 19.7 Å². The van der Waals surface area contributed by atoms with Gasteiger partial charge < -0.3 is 14.9 Å². The lowest BCUT2D eigenvalue weighted by Crippen LogP contribution is -2.68. The lowest BCUT2D eigenvalue weighted by molar-refractivity contribution is -0.172. The normalized spacial score (nSPS) is 43.3. The minimum Gasteiger partial charge on any atom is -0.504 e. The van der Waals surface area contributed by atoms with Crippen molar-refractivity contribution in [3.8, 4) is 11.5 Å². The molecule has 5 aliphatic rings. The zero-order valence-corrected chi connectivity index (χ0v) is 15.0. The number of phenolic OH excluding ortho intramolecular Hbond substituents is 1. The Bertz CT molecular complexity index is 813. The first-order chi connectivity index (χ1) is 12.6. The van der Waals surface area contributed by atoms with Crippen LogP contribution >= 0.6 is 0 Å². The summed E-state index contributed by atoms with van der Waals surface area (Å²) in [5.41, 5.74) is 0.626. The molecule has 6 rings (SSSR count). The van der Waals surface area contributed by atoms with Crippen LogP contribution in [0.2, 0.25) is 0 Å². The van der Waals surface area contributed by atoms with E-state index in [-0.39, 0.29) is 17.5 Å². The molecule has 0 saturated heterocycles. The second-order valence-corrected chi connectivity index (χ2v) is 9.37. The Balaban J connectivity index is 1.62. The number of carbonyl (C=O) groups excluding carboxylic acids is 1. The number of ketones is 1. The summed E-state index contributed by atoms with van der Waals surface area (Å²) in [4.78, 5) is 12.9. The molecule has 2 bridgehead atoms. The number of hydrogen-bond acceptors (Lipinski definition) is 4. The summed E-state index contributed by atoms with van der Waals surface area (Å²) in [5, 5.41) is 22.6. The maximum absolute atomic E-state index is 12.9. The molecular formula is C22H26O4. The Kier molecular flexibility index (Phi) is 2.88. The highest BCUT2D eigenvalue weighted by Gasteiger charge is 2.72. The molecule has 3 fully saturated rings. The summed E-state index contributed by atoms with van der Waals surface area (Å²) in [6.07, 6.45) is 8.04. The molecule has 0 aromatic heterocycles. The van der Waals surface area contributed by atoms with Gasteiger partial charge in [-0.15, -0.1) is 0 Å². The highest BCUT2D eigenvalue weighted by molar-refractivity contribution is 5.89. The Morgan fingerprint density at radius 2 is 1.96 bits per heavy atom. The number of ether oxygens (including phenoxy) is 1. The van der Waals surface area contributed by atoms with E-state index in [0.29, 0.717) is 24.5 Å². The molecule has 1 spiro atoms. The topological polar surface area (TPSA) is 66.8 Å². The highest BCUT2D eigenvalue weighted by Crippen LogP contribution is 2.67. The van der Waals surface area contributed by atoms with Gasteiger partial charge in [-0.2, -0.15) is 0 Å². The van der Waals surface area contributed by atoms with Gasteiger partial charge in [-0.3, -0.25) is 4.79 Å². The van der Waals surface area contributed by atoms with Crippen molar-refractivity contribution >= 4 is 5.78 Å². The van der Waals surface area contributed by atoms with Crippen LogP contribution in [0, 0.1) is 17.8 Å². The van der Waals surface area contributed by atoms with E-state index < -0.39 is 17.1 Å². The smallest absolute Gasteiger partial charge is 0.174 e. The van der Waals surface area contributed by atoms with Gasteiger partial charge in [-0.1, -0.05) is 31.7 Å². The van der Waals surface area contributed by atoms with Crippen LogP contribution in [-0.2, 0) is 16.6 Å². The predicted molar refractivity (Wildman–Crippen MR) is 95.3 cm³/mol. The monoisotopic (exact) mass is 354 g/mol. The van der Waals surface area contributed by atoms with Gasteiger partial charge in [0.25, 0.3) is 0 Å². The van der Waals surface area contributed by atoms with Crippen molar-refractivity contribution in [1.82, 2.24) is 0 Å². The van der Waals surface area contributed by atoms with Crippen LogP contribution in [0.5, 0.6) is 11.5 Å². The number of phenols is 1. The summed E-state index contributed by atoms with van der Waals surface area (Å²) in [5.74, 6) is 2.17. The van der Waals surface area contributed by atoms with E-state index in [0.717, 1.165) is 37.2 Å². The largest absolute Gasteiger partial charge is 0.504 e. The quantitative estimate of drug-likeness (QED) is 0.812. The van der Waals surface area contributed by atoms with Crippen LogP contribution in [0.3, 0.4) is 0 Å². The van der Waals surface area contributed by atoms with Gasteiger partial charge in [-0.05, 0) is 55.1 Å². The first-order valence-electron chi connectivity index (χ1n) is 10.3. The molecule has 2 N–H and O–H groups in total. The molecule has 26 heavy (non-hydrogen) atoms. The van der Waals surface area contributed by atoms with Crippen LogP contribution in [0.25, 0.3) is 0 Å². The standard InChI is InChI=1S/C22H26O4/c23-16-7-6-13-11-15-14(12-3-1-4-12)5-2-9-21-18(13)19(16)26-20(21)17(24)8-10-22(15,21)25/h6-7,12,14-15,20,23,25H,1-5,8-11H2/t14?,15?,20-,21-,22+/m0/s1. The van der Waals surface area contributed by atoms with Gasteiger partial charge >= 0.3 is 0 Å². The fourth-order valence-electron chi connectivity index (χ4n) is 7.34. The molecule has 2 unspecified atom stereocenters. The van der Waals surface area contributed by atoms with E-state index in [9.17, 15) is 15.0 Å². The average molecular weight is 354 g/mol. The van der Waals surface area contributed by atoms with E-state index in [4.69, 9.17) is 4.74 Å². The first kappa shape index (κ1) is 15.5. The third-order valence-corrected chi connectivity index (χ3v) is 8.60. The van der Waals surface area contributed by atoms with E-state index in [1.54, 1.807) is 6.07 Å². The Morgan fingerprint density at radius 1 is 1.12 bits per heavy atom. The molecule has 1 aromatic carbocycles. The van der Waals surface area contributed by atoms with Gasteiger partial charge in [0.1, 0.15) is 0 Å². The lowest BCUT2D eigenvalue weighted by atomic mass is 9.47. The molecule has 0 amide bonds. The van der Waals surface area contributed by atoms with E-state index >= 15 is 0 Å². The lowest BCUT2D eigenvalue weighted by Gasteiger charge is -2.58. The number of aliphatic hydroxyl groups is 1. The van der Waals surface area contributed by atoms with Crippen molar-refractivity contribution in [1.29, 1.82) is 0 Å². The SMILES string of the molecule is O=C1CC[C@@]2(O)C3Cc4ccc(O)c5c4[C@@]2(CCCC3C2CCC2)[C@H]1O5. The third kappa shape index (κ3) is 1.56.